The minimum Gasteiger partial charge on any atom is -0.381 e. The predicted octanol–water partition coefficient (Wildman–Crippen LogP) is 4.79. The van der Waals surface area contributed by atoms with E-state index in [0.29, 0.717) is 48.3 Å². The van der Waals surface area contributed by atoms with Crippen molar-refractivity contribution in [3.8, 4) is 0 Å². The number of hydrogen-bond donors (Lipinski definition) is 0. The summed E-state index contributed by atoms with van der Waals surface area (Å²) in [6.45, 7) is 17.6. The molecule has 0 N–H and O–H groups in total. The summed E-state index contributed by atoms with van der Waals surface area (Å²) >= 11 is 6.47. The monoisotopic (exact) mass is 508 g/mol. The maximum Gasteiger partial charge on any atom is 0.226 e. The Kier molecular flexibility index (Phi) is 8.40. The van der Waals surface area contributed by atoms with Crippen LogP contribution in [0, 0.1) is 26.3 Å². The van der Waals surface area contributed by atoms with E-state index >= 15 is 0 Å². The van der Waals surface area contributed by atoms with Gasteiger partial charge in [-0.15, -0.1) is 0 Å². The van der Waals surface area contributed by atoms with Gasteiger partial charge < -0.3 is 9.64 Å². The van der Waals surface area contributed by atoms with E-state index < -0.39 is 0 Å². The molecule has 2 aliphatic rings. The number of amides is 1. The van der Waals surface area contributed by atoms with Gasteiger partial charge in [0.1, 0.15) is 0 Å². The van der Waals surface area contributed by atoms with Crippen LogP contribution < -0.4 is 0 Å². The molecule has 3 heterocycles. The number of aromatic nitrogens is 1. The maximum absolute atomic E-state index is 13.0. The van der Waals surface area contributed by atoms with Crippen LogP contribution in [0.5, 0.6) is 0 Å². The lowest BCUT2D eigenvalue weighted by Crippen LogP contribution is -2.55. The van der Waals surface area contributed by atoms with Gasteiger partial charge >= 0.3 is 0 Å². The van der Waals surface area contributed by atoms with Crippen molar-refractivity contribution in [1.82, 2.24) is 14.8 Å². The Hall–Kier alpha value is -2.79. The van der Waals surface area contributed by atoms with Crippen molar-refractivity contribution in [1.29, 1.82) is 0 Å². The van der Waals surface area contributed by atoms with Crippen molar-refractivity contribution < 1.29 is 14.3 Å². The quantitative estimate of drug-likeness (QED) is 0.414. The molecule has 0 aliphatic carbocycles. The lowest BCUT2D eigenvalue weighted by molar-refractivity contribution is -0.143. The summed E-state index contributed by atoms with van der Waals surface area (Å²) in [4.78, 5) is 38.1. The molecule has 2 aromatic rings. The predicted molar refractivity (Wildman–Crippen MR) is 139 cm³/mol. The number of ether oxygens (including phenoxy) is 1. The van der Waals surface area contributed by atoms with E-state index in [1.807, 2.05) is 24.0 Å². The van der Waals surface area contributed by atoms with Crippen LogP contribution in [0.4, 0.5) is 5.69 Å². The van der Waals surface area contributed by atoms with E-state index in [1.54, 1.807) is 13.0 Å². The Bertz CT molecular complexity index is 1190. The Morgan fingerprint density at radius 3 is 2.58 bits per heavy atom. The number of ketones is 1. The first-order valence-electron chi connectivity index (χ1n) is 12.5. The van der Waals surface area contributed by atoms with E-state index in [0.717, 1.165) is 42.6 Å². The zero-order valence-electron chi connectivity index (χ0n) is 21.2. The molecule has 0 spiro atoms. The lowest BCUT2D eigenvalue weighted by Gasteiger charge is -2.42. The van der Waals surface area contributed by atoms with Gasteiger partial charge in [0, 0.05) is 80.3 Å². The van der Waals surface area contributed by atoms with Crippen molar-refractivity contribution in [2.75, 3.05) is 32.8 Å². The molecule has 1 aromatic carbocycles. The van der Waals surface area contributed by atoms with Gasteiger partial charge in [-0.3, -0.25) is 19.5 Å². The van der Waals surface area contributed by atoms with Crippen LogP contribution in [-0.2, 0) is 22.5 Å². The minimum atomic E-state index is -0.0856. The topological polar surface area (TPSA) is 67.1 Å². The molecular weight excluding hydrogens is 476 g/mol. The summed E-state index contributed by atoms with van der Waals surface area (Å²) < 4.78 is 5.42. The second-order valence-electron chi connectivity index (χ2n) is 9.89. The van der Waals surface area contributed by atoms with Crippen molar-refractivity contribution in [3.63, 3.8) is 0 Å². The molecule has 0 saturated carbocycles. The third-order valence-electron chi connectivity index (χ3n) is 7.40. The molecule has 190 valence electrons. The van der Waals surface area contributed by atoms with Gasteiger partial charge in [-0.25, -0.2) is 4.85 Å². The number of halogens is 1. The first kappa shape index (κ1) is 26.3. The van der Waals surface area contributed by atoms with Crippen LogP contribution in [0.25, 0.3) is 4.85 Å². The van der Waals surface area contributed by atoms with Gasteiger partial charge in [0.2, 0.25) is 11.6 Å². The van der Waals surface area contributed by atoms with Gasteiger partial charge in [0.15, 0.2) is 5.78 Å². The third kappa shape index (κ3) is 5.95. The van der Waals surface area contributed by atoms with Gasteiger partial charge in [-0.2, -0.15) is 0 Å². The van der Waals surface area contributed by atoms with Crippen LogP contribution >= 0.6 is 11.6 Å². The summed E-state index contributed by atoms with van der Waals surface area (Å²) in [5, 5.41) is 0.601. The number of piperazine rings is 1. The highest BCUT2D eigenvalue weighted by molar-refractivity contribution is 6.30. The molecule has 36 heavy (non-hydrogen) atoms. The lowest BCUT2D eigenvalue weighted by atomic mass is 9.95. The second kappa shape index (κ2) is 11.5. The molecule has 0 radical (unpaired) electrons. The molecule has 2 saturated heterocycles. The van der Waals surface area contributed by atoms with Crippen molar-refractivity contribution >= 4 is 29.0 Å². The van der Waals surface area contributed by atoms with Crippen molar-refractivity contribution in [2.45, 2.75) is 52.6 Å². The first-order chi connectivity index (χ1) is 17.3. The number of pyridine rings is 1. The second-order valence-corrected chi connectivity index (χ2v) is 10.3. The average Bonchev–Trinajstić information content (AvgIpc) is 2.87. The van der Waals surface area contributed by atoms with Crippen molar-refractivity contribution in [3.05, 3.63) is 68.8 Å². The van der Waals surface area contributed by atoms with E-state index in [2.05, 4.69) is 21.7 Å². The van der Waals surface area contributed by atoms with E-state index in [1.165, 1.54) is 6.20 Å². The number of carbonyl (C=O) groups excluding carboxylic acids is 2. The molecule has 7 nitrogen and oxygen atoms in total. The Balaban J connectivity index is 1.43. The third-order valence-corrected chi connectivity index (χ3v) is 7.62. The fraction of sp³-hybridized carbons (Fsp3) is 0.500. The Morgan fingerprint density at radius 1 is 1.17 bits per heavy atom. The first-order valence-corrected chi connectivity index (χ1v) is 12.9. The molecule has 2 aliphatic heterocycles. The van der Waals surface area contributed by atoms with E-state index in [-0.39, 0.29) is 30.1 Å². The SMILES string of the molecule is [C-]#[N+]c1cc(C(=O)Cc2cc(Cl)cc(CN3CCN(C(=O)C4CCOCC4)[C@@H](C)C3)c2C)cnc1C. The highest BCUT2D eigenvalue weighted by atomic mass is 35.5. The smallest absolute Gasteiger partial charge is 0.226 e. The molecule has 8 heteroatoms. The maximum atomic E-state index is 13.0. The fourth-order valence-electron chi connectivity index (χ4n) is 5.13. The zero-order valence-corrected chi connectivity index (χ0v) is 22.0. The van der Waals surface area contributed by atoms with Gasteiger partial charge in [-0.05, 0) is 68.5 Å². The normalized spacial score (nSPS) is 19.2. The largest absolute Gasteiger partial charge is 0.381 e. The van der Waals surface area contributed by atoms with E-state index in [4.69, 9.17) is 22.9 Å². The Labute approximate surface area is 218 Å². The molecule has 2 fully saturated rings. The number of Topliss-reactive ketones (excluding diaryl/α,β-unsaturated/α-hetero) is 1. The summed E-state index contributed by atoms with van der Waals surface area (Å²) in [5.74, 6) is 0.257. The number of aryl methyl sites for hydroxylation is 1. The number of nitrogens with zero attached hydrogens (tertiary/aromatic N) is 4. The summed E-state index contributed by atoms with van der Waals surface area (Å²) in [6.07, 6.45) is 3.36. The summed E-state index contributed by atoms with van der Waals surface area (Å²) in [7, 11) is 0. The summed E-state index contributed by atoms with van der Waals surface area (Å²) in [5.41, 5.74) is 4.47. The molecule has 4 rings (SSSR count). The van der Waals surface area contributed by atoms with E-state index in [9.17, 15) is 9.59 Å². The highest BCUT2D eigenvalue weighted by Gasteiger charge is 2.32. The van der Waals surface area contributed by atoms with Crippen LogP contribution in [0.2, 0.25) is 5.02 Å². The van der Waals surface area contributed by atoms with Crippen LogP contribution in [0.15, 0.2) is 24.4 Å². The highest BCUT2D eigenvalue weighted by Crippen LogP contribution is 2.26. The zero-order chi connectivity index (χ0) is 25.8. The number of rotatable bonds is 6. The van der Waals surface area contributed by atoms with Crippen LogP contribution in [0.1, 0.15) is 52.5 Å². The number of benzene rings is 1. The number of carbonyl (C=O) groups is 2. The fourth-order valence-corrected chi connectivity index (χ4v) is 5.39. The molecular formula is C28H33ClN4O3. The van der Waals surface area contributed by atoms with Crippen LogP contribution in [-0.4, -0.2) is 65.4 Å². The van der Waals surface area contributed by atoms with Crippen molar-refractivity contribution in [2.24, 2.45) is 5.92 Å². The standard InChI is InChI=1S/C28H33ClN4O3/c1-18-16-32(7-8-33(18)28(35)21-5-9-36-10-6-21)17-24-12-25(29)11-22(19(24)2)14-27(34)23-13-26(30-4)20(3)31-15-23/h11-13,15,18,21H,5-10,14,16-17H2,1-3H3/t18-/m0/s1. The van der Waals surface area contributed by atoms with Gasteiger partial charge in [0.25, 0.3) is 0 Å². The molecule has 1 amide bonds. The Morgan fingerprint density at radius 2 is 1.89 bits per heavy atom. The minimum absolute atomic E-state index is 0.0811. The average molecular weight is 509 g/mol. The van der Waals surface area contributed by atoms with Gasteiger partial charge in [-0.1, -0.05) is 11.6 Å². The molecule has 0 bridgehead atoms. The molecule has 0 unspecified atom stereocenters. The van der Waals surface area contributed by atoms with Crippen LogP contribution in [0.3, 0.4) is 0 Å². The number of hydrogen-bond acceptors (Lipinski definition) is 5. The summed E-state index contributed by atoms with van der Waals surface area (Å²) in [6, 6.07) is 5.57. The molecule has 1 atom stereocenters. The van der Waals surface area contributed by atoms with Gasteiger partial charge in [0.05, 0.1) is 6.57 Å². The molecule has 1 aromatic heterocycles.